The molecular weight excluding hydrogens is 822 g/mol. The Morgan fingerprint density at radius 3 is 1.10 bits per heavy atom. The van der Waals surface area contributed by atoms with Crippen molar-refractivity contribution >= 4 is 13.7 Å². The average molecular weight is 922 g/mol. The van der Waals surface area contributed by atoms with E-state index >= 15 is 0 Å². The van der Waals surface area contributed by atoms with Crippen molar-refractivity contribution in [3.05, 3.63) is 0 Å². The maximum atomic E-state index is 13.0. The topological polar surface area (TPSA) is 206 Å². The lowest BCUT2D eigenvalue weighted by molar-refractivity contribution is -0.220. The summed E-state index contributed by atoms with van der Waals surface area (Å²) in [6.07, 6.45) is 32.8. The fourth-order valence-electron chi connectivity index (χ4n) is 8.85. The summed E-state index contributed by atoms with van der Waals surface area (Å²) < 4.78 is 23.0. The molecular formula is C50H100NO11P. The molecule has 7 unspecified atom stereocenters. The van der Waals surface area contributed by atoms with Gasteiger partial charge in [0.15, 0.2) is 0 Å². The van der Waals surface area contributed by atoms with Gasteiger partial charge in [-0.25, -0.2) is 4.57 Å². The third-order valence-corrected chi connectivity index (χ3v) is 14.2. The minimum Gasteiger partial charge on any atom is -0.391 e. The average Bonchev–Trinajstić information content (AvgIpc) is 3.27. The van der Waals surface area contributed by atoms with Crippen molar-refractivity contribution in [2.24, 2.45) is 0 Å². The Morgan fingerprint density at radius 1 is 0.476 bits per heavy atom. The normalized spacial score (nSPS) is 22.2. The van der Waals surface area contributed by atoms with Crippen molar-refractivity contribution in [2.75, 3.05) is 6.61 Å². The molecule has 0 saturated heterocycles. The number of rotatable bonds is 45. The van der Waals surface area contributed by atoms with Gasteiger partial charge in [-0.05, 0) is 12.8 Å². The van der Waals surface area contributed by atoms with E-state index in [0.717, 1.165) is 38.5 Å². The summed E-state index contributed by atoms with van der Waals surface area (Å²) in [5.74, 6) is -0.302. The van der Waals surface area contributed by atoms with Crippen LogP contribution in [0.4, 0.5) is 0 Å². The zero-order valence-corrected chi connectivity index (χ0v) is 41.3. The highest BCUT2D eigenvalue weighted by Gasteiger charge is 2.51. The predicted octanol–water partition coefficient (Wildman–Crippen LogP) is 11.0. The van der Waals surface area contributed by atoms with Gasteiger partial charge in [0.05, 0.1) is 18.8 Å². The highest BCUT2D eigenvalue weighted by molar-refractivity contribution is 7.47. The van der Waals surface area contributed by atoms with Gasteiger partial charge < -0.3 is 40.8 Å². The molecule has 0 bridgehead atoms. The molecule has 376 valence electrons. The Labute approximate surface area is 385 Å². The molecule has 0 radical (unpaired) electrons. The van der Waals surface area contributed by atoms with E-state index in [0.29, 0.717) is 19.3 Å². The summed E-state index contributed by atoms with van der Waals surface area (Å²) in [5.41, 5.74) is 0. The molecule has 0 aromatic carbocycles. The third kappa shape index (κ3) is 31.9. The summed E-state index contributed by atoms with van der Waals surface area (Å²) in [7, 11) is -5.05. The van der Waals surface area contributed by atoms with Crippen LogP contribution in [0.3, 0.4) is 0 Å². The quantitative estimate of drug-likeness (QED) is 0.0213. The van der Waals surface area contributed by atoms with Crippen molar-refractivity contribution in [3.63, 3.8) is 0 Å². The van der Waals surface area contributed by atoms with Crippen LogP contribution in [0, 0.1) is 0 Å². The molecule has 0 aromatic heterocycles. The van der Waals surface area contributed by atoms with Gasteiger partial charge in [-0.2, -0.15) is 0 Å². The lowest BCUT2D eigenvalue weighted by Crippen LogP contribution is -2.64. The predicted molar refractivity (Wildman–Crippen MR) is 255 cm³/mol. The molecule has 1 aliphatic carbocycles. The molecule has 0 heterocycles. The van der Waals surface area contributed by atoms with Crippen LogP contribution in [0.2, 0.25) is 0 Å². The Bertz CT molecular complexity index is 1070. The standard InChI is InChI=1S/C50H100NO11P/c1-3-5-7-9-11-13-15-17-18-19-20-21-22-23-24-25-26-28-30-32-34-36-38-40-44(53)51-42(43(52)39-37-35-33-31-29-27-16-14-12-10-8-6-4-2)41-61-63(59,60)62-50-48(57)46(55)45(54)47(56)49(50)58/h42-43,45-50,52,54-58H,3-41H2,1-2H3,(H,51,53)(H,59,60). The minimum atomic E-state index is -5.05. The highest BCUT2D eigenvalue weighted by atomic mass is 31.2. The first-order valence-corrected chi connectivity index (χ1v) is 28.0. The number of carbonyl (C=O) groups is 1. The minimum absolute atomic E-state index is 0.243. The Kier molecular flexibility index (Phi) is 38.7. The van der Waals surface area contributed by atoms with E-state index in [-0.39, 0.29) is 12.3 Å². The van der Waals surface area contributed by atoms with E-state index in [4.69, 9.17) is 9.05 Å². The van der Waals surface area contributed by atoms with Gasteiger partial charge in [-0.3, -0.25) is 13.8 Å². The van der Waals surface area contributed by atoms with Gasteiger partial charge in [-0.15, -0.1) is 0 Å². The van der Waals surface area contributed by atoms with Gasteiger partial charge in [0.2, 0.25) is 5.91 Å². The first-order chi connectivity index (χ1) is 30.4. The molecule has 13 heteroatoms. The van der Waals surface area contributed by atoms with E-state index in [2.05, 4.69) is 19.2 Å². The largest absolute Gasteiger partial charge is 0.472 e. The van der Waals surface area contributed by atoms with Crippen LogP contribution in [0.5, 0.6) is 0 Å². The zero-order chi connectivity index (χ0) is 46.4. The van der Waals surface area contributed by atoms with Crippen molar-refractivity contribution in [3.8, 4) is 0 Å². The van der Waals surface area contributed by atoms with Crippen molar-refractivity contribution in [1.82, 2.24) is 5.32 Å². The summed E-state index contributed by atoms with van der Waals surface area (Å²) in [6, 6.07) is -1.03. The third-order valence-electron chi connectivity index (χ3n) is 13.2. The molecule has 63 heavy (non-hydrogen) atoms. The highest BCUT2D eigenvalue weighted by Crippen LogP contribution is 2.47. The fourth-order valence-corrected chi connectivity index (χ4v) is 9.82. The van der Waals surface area contributed by atoms with Crippen LogP contribution >= 0.6 is 7.82 Å². The molecule has 7 atom stereocenters. The number of amides is 1. The first-order valence-electron chi connectivity index (χ1n) is 26.5. The van der Waals surface area contributed by atoms with Crippen LogP contribution in [0.1, 0.15) is 258 Å². The number of nitrogens with one attached hydrogen (secondary N) is 1. The lowest BCUT2D eigenvalue weighted by atomic mass is 9.85. The second-order valence-electron chi connectivity index (χ2n) is 19.1. The van der Waals surface area contributed by atoms with Gasteiger partial charge in [0.1, 0.15) is 36.6 Å². The number of hydrogen-bond donors (Lipinski definition) is 8. The molecule has 8 N–H and O–H groups in total. The van der Waals surface area contributed by atoms with Crippen LogP contribution in [-0.4, -0.2) is 96.8 Å². The summed E-state index contributed by atoms with van der Waals surface area (Å²) in [5, 5.41) is 64.3. The molecule has 1 rings (SSSR count). The maximum Gasteiger partial charge on any atom is 0.472 e. The molecule has 1 fully saturated rings. The number of phosphoric ester groups is 1. The number of aliphatic hydroxyl groups is 6. The number of phosphoric acid groups is 1. The summed E-state index contributed by atoms with van der Waals surface area (Å²) in [4.78, 5) is 23.5. The second-order valence-corrected chi connectivity index (χ2v) is 20.5. The van der Waals surface area contributed by atoms with Crippen molar-refractivity contribution in [1.29, 1.82) is 0 Å². The van der Waals surface area contributed by atoms with E-state index in [1.807, 2.05) is 0 Å². The van der Waals surface area contributed by atoms with Gasteiger partial charge in [-0.1, -0.05) is 239 Å². The van der Waals surface area contributed by atoms with Gasteiger partial charge >= 0.3 is 7.82 Å². The number of unbranched alkanes of at least 4 members (excludes halogenated alkanes) is 34. The van der Waals surface area contributed by atoms with E-state index in [9.17, 15) is 44.9 Å². The van der Waals surface area contributed by atoms with Crippen LogP contribution in [0.15, 0.2) is 0 Å². The smallest absolute Gasteiger partial charge is 0.391 e. The van der Waals surface area contributed by atoms with Crippen LogP contribution in [0.25, 0.3) is 0 Å². The van der Waals surface area contributed by atoms with Crippen molar-refractivity contribution in [2.45, 2.75) is 307 Å². The Morgan fingerprint density at radius 2 is 0.762 bits per heavy atom. The Hall–Kier alpha value is -0.660. The maximum absolute atomic E-state index is 13.0. The first kappa shape index (κ1) is 60.4. The lowest BCUT2D eigenvalue weighted by Gasteiger charge is -2.41. The van der Waals surface area contributed by atoms with E-state index in [1.165, 1.54) is 180 Å². The number of hydrogen-bond acceptors (Lipinski definition) is 10. The van der Waals surface area contributed by atoms with E-state index < -0.39 is 63.2 Å². The van der Waals surface area contributed by atoms with Crippen LogP contribution in [-0.2, 0) is 18.4 Å². The van der Waals surface area contributed by atoms with Crippen molar-refractivity contribution < 1.29 is 53.9 Å². The van der Waals surface area contributed by atoms with E-state index in [1.54, 1.807) is 0 Å². The summed E-state index contributed by atoms with van der Waals surface area (Å²) >= 11 is 0. The molecule has 12 nitrogen and oxygen atoms in total. The SMILES string of the molecule is CCCCCCCCCCCCCCCCCCCCCCCCCC(=O)NC(COP(=O)(O)OC1C(O)C(O)C(O)C(O)C1O)C(O)CCCCCCCCCCCCCCC. The molecule has 1 amide bonds. The molecule has 1 saturated carbocycles. The zero-order valence-electron chi connectivity index (χ0n) is 40.4. The van der Waals surface area contributed by atoms with Gasteiger partial charge in [0.25, 0.3) is 0 Å². The number of aliphatic hydroxyl groups excluding tert-OH is 6. The number of carbonyl (C=O) groups excluding carboxylic acids is 1. The molecule has 1 aliphatic rings. The second kappa shape index (κ2) is 40.4. The summed E-state index contributed by atoms with van der Waals surface area (Å²) in [6.45, 7) is 3.92. The molecule has 0 aromatic rings. The van der Waals surface area contributed by atoms with Crippen LogP contribution < -0.4 is 5.32 Å². The molecule has 0 aliphatic heterocycles. The fraction of sp³-hybridized carbons (Fsp3) is 0.980. The molecule has 0 spiro atoms. The van der Waals surface area contributed by atoms with Gasteiger partial charge in [0, 0.05) is 6.42 Å². The monoisotopic (exact) mass is 922 g/mol. The Balaban J connectivity index is 2.33.